The van der Waals surface area contributed by atoms with E-state index in [1.54, 1.807) is 6.20 Å². The van der Waals surface area contributed by atoms with E-state index in [1.165, 1.54) is 29.7 Å². The van der Waals surface area contributed by atoms with Gasteiger partial charge in [-0.3, -0.25) is 10.1 Å². The van der Waals surface area contributed by atoms with Crippen LogP contribution in [0.5, 0.6) is 0 Å². The molecule has 0 spiro atoms. The predicted octanol–water partition coefficient (Wildman–Crippen LogP) is 2.17. The average Bonchev–Trinajstić information content (AvgIpc) is 3.12. The molecule has 0 aliphatic heterocycles. The van der Waals surface area contributed by atoms with E-state index < -0.39 is 10.7 Å². The van der Waals surface area contributed by atoms with E-state index in [9.17, 15) is 14.5 Å². The monoisotopic (exact) mass is 276 g/mol. The smallest absolute Gasteiger partial charge is 0.274 e. The molecule has 1 fully saturated rings. The Morgan fingerprint density at radius 2 is 2.25 bits per heavy atom. The topological polar surface area (TPSA) is 73.0 Å². The first kappa shape index (κ1) is 12.7. The van der Waals surface area contributed by atoms with Gasteiger partial charge in [0, 0.05) is 30.9 Å². The van der Waals surface area contributed by atoms with Crippen molar-refractivity contribution in [1.82, 2.24) is 15.1 Å². The van der Waals surface area contributed by atoms with Crippen molar-refractivity contribution in [3.63, 3.8) is 0 Å². The Bertz CT molecular complexity index is 652. The third-order valence-corrected chi connectivity index (χ3v) is 3.14. The van der Waals surface area contributed by atoms with Gasteiger partial charge in [0.15, 0.2) is 0 Å². The van der Waals surface area contributed by atoms with Crippen molar-refractivity contribution in [2.45, 2.75) is 25.4 Å². The number of halogens is 1. The fraction of sp³-hybridized carbons (Fsp3) is 0.308. The summed E-state index contributed by atoms with van der Waals surface area (Å²) in [6.45, 7) is 0.648. The van der Waals surface area contributed by atoms with Crippen molar-refractivity contribution in [3.8, 4) is 5.69 Å². The molecule has 0 radical (unpaired) electrons. The van der Waals surface area contributed by atoms with Crippen LogP contribution >= 0.6 is 0 Å². The molecule has 6 nitrogen and oxygen atoms in total. The number of rotatable bonds is 5. The molecular weight excluding hydrogens is 263 g/mol. The number of nitrogens with zero attached hydrogens (tertiary/aromatic N) is 3. The highest BCUT2D eigenvalue weighted by atomic mass is 19.1. The summed E-state index contributed by atoms with van der Waals surface area (Å²) >= 11 is 0. The second-order valence-corrected chi connectivity index (χ2v) is 4.83. The number of hydrogen-bond acceptors (Lipinski definition) is 4. The van der Waals surface area contributed by atoms with Gasteiger partial charge in [-0.05, 0) is 18.9 Å². The normalized spacial score (nSPS) is 14.4. The van der Waals surface area contributed by atoms with E-state index in [0.29, 0.717) is 18.3 Å². The van der Waals surface area contributed by atoms with Gasteiger partial charge in [0.2, 0.25) is 0 Å². The van der Waals surface area contributed by atoms with Crippen LogP contribution in [0, 0.1) is 15.9 Å². The van der Waals surface area contributed by atoms with Gasteiger partial charge in [-0.25, -0.2) is 9.07 Å². The molecule has 1 saturated carbocycles. The molecule has 1 aliphatic rings. The molecule has 1 aromatic carbocycles. The molecule has 104 valence electrons. The maximum atomic E-state index is 13.4. The number of nitro benzene ring substituents is 1. The zero-order valence-corrected chi connectivity index (χ0v) is 10.6. The lowest BCUT2D eigenvalue weighted by Gasteiger charge is -2.02. The molecular formula is C13H13FN4O2. The molecule has 0 amide bonds. The Labute approximate surface area is 114 Å². The van der Waals surface area contributed by atoms with Crippen molar-refractivity contribution in [2.75, 3.05) is 0 Å². The van der Waals surface area contributed by atoms with Gasteiger partial charge in [-0.2, -0.15) is 5.10 Å². The Morgan fingerprint density at radius 3 is 2.95 bits per heavy atom. The second kappa shape index (κ2) is 5.01. The van der Waals surface area contributed by atoms with Crippen LogP contribution in [0.2, 0.25) is 0 Å². The van der Waals surface area contributed by atoms with Crippen LogP contribution in [0.25, 0.3) is 5.69 Å². The zero-order valence-electron chi connectivity index (χ0n) is 10.6. The summed E-state index contributed by atoms with van der Waals surface area (Å²) in [6, 6.07) is 5.80. The van der Waals surface area contributed by atoms with Gasteiger partial charge in [0.25, 0.3) is 5.69 Å². The second-order valence-electron chi connectivity index (χ2n) is 4.83. The molecule has 0 atom stereocenters. The Balaban J connectivity index is 1.82. The minimum atomic E-state index is -0.651. The minimum Gasteiger partial charge on any atom is -0.308 e. The number of nitro groups is 1. The van der Waals surface area contributed by atoms with Crippen LogP contribution in [-0.2, 0) is 6.54 Å². The molecule has 1 N–H and O–H groups in total. The van der Waals surface area contributed by atoms with Crippen LogP contribution in [0.3, 0.4) is 0 Å². The van der Waals surface area contributed by atoms with Crippen LogP contribution < -0.4 is 5.32 Å². The summed E-state index contributed by atoms with van der Waals surface area (Å²) in [4.78, 5) is 10.1. The van der Waals surface area contributed by atoms with Crippen molar-refractivity contribution in [1.29, 1.82) is 0 Å². The minimum absolute atomic E-state index is 0.284. The SMILES string of the molecule is O=[N+]([O-])c1cc(F)cc(-n2ccc(CNC3CC3)n2)c1. The van der Waals surface area contributed by atoms with E-state index in [1.807, 2.05) is 6.07 Å². The maximum Gasteiger partial charge on any atom is 0.274 e. The third kappa shape index (κ3) is 2.83. The highest BCUT2D eigenvalue weighted by Gasteiger charge is 2.20. The van der Waals surface area contributed by atoms with Crippen LogP contribution in [0.4, 0.5) is 10.1 Å². The molecule has 1 aromatic heterocycles. The molecule has 2 aromatic rings. The van der Waals surface area contributed by atoms with Crippen LogP contribution in [-0.4, -0.2) is 20.7 Å². The van der Waals surface area contributed by atoms with Crippen molar-refractivity contribution in [2.24, 2.45) is 0 Å². The van der Waals surface area contributed by atoms with Gasteiger partial charge in [-0.1, -0.05) is 0 Å². The number of benzene rings is 1. The molecule has 3 rings (SSSR count). The lowest BCUT2D eigenvalue weighted by atomic mass is 10.3. The maximum absolute atomic E-state index is 13.4. The van der Waals surface area contributed by atoms with E-state index in [0.717, 1.165) is 11.8 Å². The Kier molecular flexibility index (Phi) is 3.19. The van der Waals surface area contributed by atoms with Gasteiger partial charge in [-0.15, -0.1) is 0 Å². The van der Waals surface area contributed by atoms with Crippen molar-refractivity contribution in [3.05, 3.63) is 52.1 Å². The largest absolute Gasteiger partial charge is 0.308 e. The molecule has 0 bridgehead atoms. The summed E-state index contributed by atoms with van der Waals surface area (Å²) < 4.78 is 14.8. The van der Waals surface area contributed by atoms with Gasteiger partial charge >= 0.3 is 0 Å². The predicted molar refractivity (Wildman–Crippen MR) is 70.0 cm³/mol. The molecule has 1 aliphatic carbocycles. The highest BCUT2D eigenvalue weighted by Crippen LogP contribution is 2.20. The number of aromatic nitrogens is 2. The number of nitrogens with one attached hydrogen (secondary N) is 1. The summed E-state index contributed by atoms with van der Waals surface area (Å²) in [5.41, 5.74) is 0.881. The molecule has 0 saturated heterocycles. The van der Waals surface area contributed by atoms with Gasteiger partial charge < -0.3 is 5.32 Å². The molecule has 20 heavy (non-hydrogen) atoms. The standard InChI is InChI=1S/C13H13FN4O2/c14-9-5-12(7-13(6-9)18(19)20)17-4-3-11(16-17)8-15-10-1-2-10/h3-7,10,15H,1-2,8H2. The van der Waals surface area contributed by atoms with Crippen LogP contribution in [0.15, 0.2) is 30.5 Å². The summed E-state index contributed by atoms with van der Waals surface area (Å²) in [5, 5.41) is 18.3. The summed E-state index contributed by atoms with van der Waals surface area (Å²) in [6.07, 6.45) is 4.05. The summed E-state index contributed by atoms with van der Waals surface area (Å²) in [7, 11) is 0. The average molecular weight is 276 g/mol. The highest BCUT2D eigenvalue weighted by molar-refractivity contribution is 5.43. The first-order chi connectivity index (χ1) is 9.61. The zero-order chi connectivity index (χ0) is 14.1. The van der Waals surface area contributed by atoms with Crippen molar-refractivity contribution >= 4 is 5.69 Å². The summed E-state index contributed by atoms with van der Waals surface area (Å²) in [5.74, 6) is -0.651. The number of non-ortho nitro benzene ring substituents is 1. The Morgan fingerprint density at radius 1 is 1.45 bits per heavy atom. The quantitative estimate of drug-likeness (QED) is 0.671. The fourth-order valence-corrected chi connectivity index (χ4v) is 1.93. The molecule has 0 unspecified atom stereocenters. The first-order valence-corrected chi connectivity index (χ1v) is 6.35. The van der Waals surface area contributed by atoms with E-state index >= 15 is 0 Å². The Hall–Kier alpha value is -2.28. The lowest BCUT2D eigenvalue weighted by Crippen LogP contribution is -2.15. The lowest BCUT2D eigenvalue weighted by molar-refractivity contribution is -0.385. The van der Waals surface area contributed by atoms with E-state index in [2.05, 4.69) is 10.4 Å². The number of hydrogen-bond donors (Lipinski definition) is 1. The fourth-order valence-electron chi connectivity index (χ4n) is 1.93. The van der Waals surface area contributed by atoms with E-state index in [-0.39, 0.29) is 5.69 Å². The third-order valence-electron chi connectivity index (χ3n) is 3.14. The molecule has 1 heterocycles. The van der Waals surface area contributed by atoms with Crippen molar-refractivity contribution < 1.29 is 9.31 Å². The van der Waals surface area contributed by atoms with Crippen LogP contribution in [0.1, 0.15) is 18.5 Å². The first-order valence-electron chi connectivity index (χ1n) is 6.35. The molecule has 7 heteroatoms. The van der Waals surface area contributed by atoms with Gasteiger partial charge in [0.1, 0.15) is 5.82 Å². The van der Waals surface area contributed by atoms with Gasteiger partial charge in [0.05, 0.1) is 22.4 Å². The van der Waals surface area contributed by atoms with E-state index in [4.69, 9.17) is 0 Å².